The van der Waals surface area contributed by atoms with Crippen molar-refractivity contribution in [2.24, 2.45) is 5.92 Å². The van der Waals surface area contributed by atoms with Crippen molar-refractivity contribution in [3.8, 4) is 0 Å². The van der Waals surface area contributed by atoms with Gasteiger partial charge >= 0.3 is 0 Å². The molecule has 114 valence electrons. The lowest BCUT2D eigenvalue weighted by Crippen LogP contribution is -2.37. The Labute approximate surface area is 125 Å². The van der Waals surface area contributed by atoms with E-state index >= 15 is 0 Å². The number of benzene rings is 1. The highest BCUT2D eigenvalue weighted by Crippen LogP contribution is 2.16. The first-order valence-corrected chi connectivity index (χ1v) is 8.25. The Bertz CT molecular complexity index is 333. The average Bonchev–Trinajstić information content (AvgIpc) is 2.51. The van der Waals surface area contributed by atoms with Crippen LogP contribution < -0.4 is 5.32 Å². The molecule has 1 aromatic carbocycles. The van der Waals surface area contributed by atoms with E-state index in [1.165, 1.54) is 24.9 Å². The molecule has 0 fully saturated rings. The predicted octanol–water partition coefficient (Wildman–Crippen LogP) is 4.10. The molecule has 0 aromatic heterocycles. The third-order valence-electron chi connectivity index (χ3n) is 4.21. The Hall–Kier alpha value is -0.860. The maximum Gasteiger partial charge on any atom is 0.0449 e. The third-order valence-corrected chi connectivity index (χ3v) is 4.21. The van der Waals surface area contributed by atoms with Gasteiger partial charge in [0.25, 0.3) is 0 Å². The number of nitrogens with zero attached hydrogens (tertiary/aromatic N) is 1. The van der Waals surface area contributed by atoms with E-state index in [0.29, 0.717) is 6.04 Å². The van der Waals surface area contributed by atoms with Crippen LogP contribution in [-0.2, 0) is 0 Å². The summed E-state index contributed by atoms with van der Waals surface area (Å²) in [4.78, 5) is 2.60. The van der Waals surface area contributed by atoms with Gasteiger partial charge in [0.15, 0.2) is 0 Å². The first-order valence-electron chi connectivity index (χ1n) is 8.25. The van der Waals surface area contributed by atoms with Gasteiger partial charge in [-0.25, -0.2) is 0 Å². The SMILES string of the molecule is CCNC(CN(CC)CC(CC)CC)c1ccccc1. The van der Waals surface area contributed by atoms with E-state index in [1.54, 1.807) is 0 Å². The molecule has 2 heteroatoms. The summed E-state index contributed by atoms with van der Waals surface area (Å²) in [5.41, 5.74) is 1.40. The molecule has 0 aliphatic rings. The molecular formula is C18H32N2. The van der Waals surface area contributed by atoms with Crippen LogP contribution in [0.2, 0.25) is 0 Å². The Morgan fingerprint density at radius 3 is 2.10 bits per heavy atom. The van der Waals surface area contributed by atoms with Gasteiger partial charge in [-0.05, 0) is 24.6 Å². The standard InChI is InChI=1S/C18H32N2/c1-5-16(6-2)14-20(8-4)15-18(19-7-3)17-12-10-9-11-13-17/h9-13,16,18-19H,5-8,14-15H2,1-4H3. The van der Waals surface area contributed by atoms with Crippen molar-refractivity contribution in [1.29, 1.82) is 0 Å². The maximum absolute atomic E-state index is 3.63. The molecule has 0 aliphatic heterocycles. The largest absolute Gasteiger partial charge is 0.309 e. The zero-order chi connectivity index (χ0) is 14.8. The summed E-state index contributed by atoms with van der Waals surface area (Å²) in [6, 6.07) is 11.3. The summed E-state index contributed by atoms with van der Waals surface area (Å²) in [5, 5.41) is 3.63. The summed E-state index contributed by atoms with van der Waals surface area (Å²) in [7, 11) is 0. The number of hydrogen-bond donors (Lipinski definition) is 1. The molecule has 0 amide bonds. The lowest BCUT2D eigenvalue weighted by molar-refractivity contribution is 0.211. The highest BCUT2D eigenvalue weighted by atomic mass is 15.1. The summed E-state index contributed by atoms with van der Waals surface area (Å²) in [5.74, 6) is 0.827. The Balaban J connectivity index is 2.67. The molecule has 1 atom stereocenters. The molecule has 0 spiro atoms. The molecule has 2 nitrogen and oxygen atoms in total. The highest BCUT2D eigenvalue weighted by Gasteiger charge is 2.16. The topological polar surface area (TPSA) is 15.3 Å². The van der Waals surface area contributed by atoms with E-state index < -0.39 is 0 Å². The zero-order valence-electron chi connectivity index (χ0n) is 13.7. The molecule has 0 saturated carbocycles. The minimum Gasteiger partial charge on any atom is -0.309 e. The van der Waals surface area contributed by atoms with Crippen LogP contribution in [0.25, 0.3) is 0 Å². The second-order valence-electron chi connectivity index (χ2n) is 5.56. The van der Waals surface area contributed by atoms with Crippen molar-refractivity contribution in [3.05, 3.63) is 35.9 Å². The van der Waals surface area contributed by atoms with Gasteiger partial charge in [0.2, 0.25) is 0 Å². The molecule has 1 unspecified atom stereocenters. The normalized spacial score (nSPS) is 13.1. The molecule has 0 saturated heterocycles. The first-order chi connectivity index (χ1) is 9.74. The minimum atomic E-state index is 0.440. The fourth-order valence-corrected chi connectivity index (χ4v) is 2.72. The van der Waals surface area contributed by atoms with Gasteiger partial charge < -0.3 is 10.2 Å². The second kappa shape index (κ2) is 9.95. The summed E-state index contributed by atoms with van der Waals surface area (Å²) >= 11 is 0. The fourth-order valence-electron chi connectivity index (χ4n) is 2.72. The van der Waals surface area contributed by atoms with Crippen LogP contribution in [0, 0.1) is 5.92 Å². The monoisotopic (exact) mass is 276 g/mol. The summed E-state index contributed by atoms with van der Waals surface area (Å²) in [6.45, 7) is 13.5. The van der Waals surface area contributed by atoms with Crippen molar-refractivity contribution >= 4 is 0 Å². The number of likely N-dealkylation sites (N-methyl/N-ethyl adjacent to an activating group) is 2. The zero-order valence-corrected chi connectivity index (χ0v) is 13.7. The molecule has 20 heavy (non-hydrogen) atoms. The van der Waals surface area contributed by atoms with Crippen LogP contribution in [0.1, 0.15) is 52.1 Å². The molecule has 1 rings (SSSR count). The lowest BCUT2D eigenvalue weighted by atomic mass is 10.0. The molecule has 0 heterocycles. The van der Waals surface area contributed by atoms with Crippen molar-refractivity contribution in [2.75, 3.05) is 26.2 Å². The van der Waals surface area contributed by atoms with E-state index in [-0.39, 0.29) is 0 Å². The van der Waals surface area contributed by atoms with Crippen LogP contribution in [-0.4, -0.2) is 31.1 Å². The van der Waals surface area contributed by atoms with E-state index in [4.69, 9.17) is 0 Å². The van der Waals surface area contributed by atoms with Crippen LogP contribution in [0.3, 0.4) is 0 Å². The first kappa shape index (κ1) is 17.2. The quantitative estimate of drug-likeness (QED) is 0.692. The predicted molar refractivity (Wildman–Crippen MR) is 89.0 cm³/mol. The Kier molecular flexibility index (Phi) is 8.56. The minimum absolute atomic E-state index is 0.440. The fraction of sp³-hybridized carbons (Fsp3) is 0.667. The van der Waals surface area contributed by atoms with Gasteiger partial charge in [-0.3, -0.25) is 0 Å². The van der Waals surface area contributed by atoms with Gasteiger partial charge in [0.05, 0.1) is 0 Å². The van der Waals surface area contributed by atoms with Gasteiger partial charge in [-0.1, -0.05) is 70.9 Å². The third kappa shape index (κ3) is 5.64. The van der Waals surface area contributed by atoms with Crippen LogP contribution in [0.5, 0.6) is 0 Å². The Morgan fingerprint density at radius 1 is 0.950 bits per heavy atom. The number of nitrogens with one attached hydrogen (secondary N) is 1. The van der Waals surface area contributed by atoms with E-state index in [9.17, 15) is 0 Å². The lowest BCUT2D eigenvalue weighted by Gasteiger charge is -2.30. The number of rotatable bonds is 10. The number of hydrogen-bond acceptors (Lipinski definition) is 2. The smallest absolute Gasteiger partial charge is 0.0449 e. The maximum atomic E-state index is 3.63. The molecule has 1 aromatic rings. The van der Waals surface area contributed by atoms with Gasteiger partial charge in [-0.2, -0.15) is 0 Å². The second-order valence-corrected chi connectivity index (χ2v) is 5.56. The summed E-state index contributed by atoms with van der Waals surface area (Å²) < 4.78 is 0. The van der Waals surface area contributed by atoms with Crippen molar-refractivity contribution < 1.29 is 0 Å². The van der Waals surface area contributed by atoms with Crippen LogP contribution in [0.4, 0.5) is 0 Å². The average molecular weight is 276 g/mol. The molecular weight excluding hydrogens is 244 g/mol. The van der Waals surface area contributed by atoms with E-state index in [0.717, 1.165) is 25.6 Å². The molecule has 0 radical (unpaired) electrons. The van der Waals surface area contributed by atoms with Crippen molar-refractivity contribution in [1.82, 2.24) is 10.2 Å². The van der Waals surface area contributed by atoms with Crippen molar-refractivity contribution in [3.63, 3.8) is 0 Å². The Morgan fingerprint density at radius 2 is 1.60 bits per heavy atom. The molecule has 0 aliphatic carbocycles. The van der Waals surface area contributed by atoms with Gasteiger partial charge in [-0.15, -0.1) is 0 Å². The van der Waals surface area contributed by atoms with E-state index in [1.807, 2.05) is 0 Å². The highest BCUT2D eigenvalue weighted by molar-refractivity contribution is 5.19. The van der Waals surface area contributed by atoms with Crippen molar-refractivity contribution in [2.45, 2.75) is 46.6 Å². The molecule has 1 N–H and O–H groups in total. The van der Waals surface area contributed by atoms with Gasteiger partial charge in [0, 0.05) is 19.1 Å². The summed E-state index contributed by atoms with van der Waals surface area (Å²) in [6.07, 6.45) is 2.56. The van der Waals surface area contributed by atoms with Gasteiger partial charge in [0.1, 0.15) is 0 Å². The molecule has 0 bridgehead atoms. The van der Waals surface area contributed by atoms with Crippen LogP contribution >= 0.6 is 0 Å². The van der Waals surface area contributed by atoms with Crippen LogP contribution in [0.15, 0.2) is 30.3 Å². The van der Waals surface area contributed by atoms with E-state index in [2.05, 4.69) is 68.2 Å².